The van der Waals surface area contributed by atoms with Crippen LogP contribution < -0.4 is 21.6 Å². The fourth-order valence-electron chi connectivity index (χ4n) is 1.47. The minimum atomic E-state index is -0.543. The molecule has 0 saturated heterocycles. The fourth-order valence-corrected chi connectivity index (χ4v) is 1.47. The number of hydrogen-bond donors (Lipinski definition) is 4. The van der Waals surface area contributed by atoms with E-state index in [0.717, 1.165) is 10.4 Å². The average Bonchev–Trinajstić information content (AvgIpc) is 2.59. The van der Waals surface area contributed by atoms with Crippen molar-refractivity contribution in [1.29, 1.82) is 0 Å². The molecule has 0 aliphatic heterocycles. The van der Waals surface area contributed by atoms with Crippen molar-refractivity contribution in [3.63, 3.8) is 0 Å². The Bertz CT molecular complexity index is 585. The molecule has 0 bridgehead atoms. The molecule has 1 heterocycles. The van der Waals surface area contributed by atoms with Gasteiger partial charge in [-0.1, -0.05) is 0 Å². The molecule has 0 atom stereocenters. The Morgan fingerprint density at radius 1 is 1.44 bits per heavy atom. The van der Waals surface area contributed by atoms with Gasteiger partial charge in [0, 0.05) is 0 Å². The molecule has 5 N–H and O–H groups in total. The lowest BCUT2D eigenvalue weighted by molar-refractivity contribution is 0.340. The van der Waals surface area contributed by atoms with Crippen LogP contribution in [-0.2, 0) is 0 Å². The summed E-state index contributed by atoms with van der Waals surface area (Å²) in [5.74, 6) is 0.299. The number of hydrogen-bond acceptors (Lipinski definition) is 5. The Morgan fingerprint density at radius 3 is 2.61 bits per heavy atom. The van der Waals surface area contributed by atoms with Crippen LogP contribution in [0.1, 0.15) is 6.92 Å². The maximum absolute atomic E-state index is 11.4. The number of nitrogens with one attached hydrogen (secondary N) is 2. The first kappa shape index (κ1) is 11.9. The number of nitrogens with zero attached hydrogens (tertiary/aromatic N) is 1. The molecule has 0 aliphatic carbocycles. The number of anilines is 2. The highest BCUT2D eigenvalue weighted by atomic mass is 16.5. The number of rotatable bonds is 4. The van der Waals surface area contributed by atoms with Crippen molar-refractivity contribution in [1.82, 2.24) is 9.66 Å². The largest absolute Gasteiger partial charge is 0.494 e. The summed E-state index contributed by atoms with van der Waals surface area (Å²) in [6.07, 6.45) is 0. The lowest BCUT2D eigenvalue weighted by Gasteiger charge is -2.08. The van der Waals surface area contributed by atoms with Crippen molar-refractivity contribution in [3.8, 4) is 11.6 Å². The highest BCUT2D eigenvalue weighted by Gasteiger charge is 2.09. The third-order valence-electron chi connectivity index (χ3n) is 2.32. The number of aromatic nitrogens is 2. The van der Waals surface area contributed by atoms with Crippen molar-refractivity contribution < 1.29 is 9.84 Å². The number of aromatic amines is 1. The van der Waals surface area contributed by atoms with E-state index in [1.165, 1.54) is 0 Å². The molecule has 0 aliphatic rings. The van der Waals surface area contributed by atoms with Gasteiger partial charge in [0.25, 0.3) is 0 Å². The van der Waals surface area contributed by atoms with Gasteiger partial charge in [-0.3, -0.25) is 10.4 Å². The summed E-state index contributed by atoms with van der Waals surface area (Å²) >= 11 is 0. The fraction of sp³-hybridized carbons (Fsp3) is 0.182. The van der Waals surface area contributed by atoms with Crippen LogP contribution in [0.3, 0.4) is 0 Å². The Kier molecular flexibility index (Phi) is 3.13. The second-order valence-corrected chi connectivity index (χ2v) is 3.57. The van der Waals surface area contributed by atoms with Gasteiger partial charge in [0.15, 0.2) is 5.82 Å². The Hall–Kier alpha value is -2.57. The molecule has 7 heteroatoms. The summed E-state index contributed by atoms with van der Waals surface area (Å²) in [5, 5.41) is 9.25. The molecule has 0 saturated carbocycles. The van der Waals surface area contributed by atoms with E-state index in [1.54, 1.807) is 24.3 Å². The van der Waals surface area contributed by atoms with Crippen molar-refractivity contribution in [2.75, 3.05) is 17.8 Å². The SMILES string of the molecule is CCOc1ccc(Nn2c(N)c(O)[nH]c2=O)cc1. The van der Waals surface area contributed by atoms with Crippen LogP contribution in [0.4, 0.5) is 11.5 Å². The third kappa shape index (κ3) is 2.24. The maximum atomic E-state index is 11.4. The topological polar surface area (TPSA) is 105 Å². The van der Waals surface area contributed by atoms with Crippen LogP contribution in [0.15, 0.2) is 29.1 Å². The third-order valence-corrected chi connectivity index (χ3v) is 2.32. The molecular formula is C11H14N4O3. The number of benzene rings is 1. The highest BCUT2D eigenvalue weighted by molar-refractivity contribution is 5.50. The number of nitrogen functional groups attached to an aromatic ring is 1. The van der Waals surface area contributed by atoms with E-state index < -0.39 is 5.69 Å². The van der Waals surface area contributed by atoms with Gasteiger partial charge in [0.2, 0.25) is 5.88 Å². The summed E-state index contributed by atoms with van der Waals surface area (Å²) in [7, 11) is 0. The predicted octanol–water partition coefficient (Wildman–Crippen LogP) is 0.738. The molecule has 0 unspecified atom stereocenters. The molecule has 2 aromatic rings. The molecule has 1 aromatic carbocycles. The van der Waals surface area contributed by atoms with Crippen LogP contribution in [0.25, 0.3) is 0 Å². The van der Waals surface area contributed by atoms with Crippen LogP contribution in [0.5, 0.6) is 11.6 Å². The first-order valence-electron chi connectivity index (χ1n) is 5.41. The van der Waals surface area contributed by atoms with Crippen LogP contribution >= 0.6 is 0 Å². The number of aromatic hydroxyl groups is 1. The predicted molar refractivity (Wildman–Crippen MR) is 67.8 cm³/mol. The number of H-pyrrole nitrogens is 1. The monoisotopic (exact) mass is 250 g/mol. The number of nitrogens with two attached hydrogens (primary N) is 1. The first-order valence-corrected chi connectivity index (χ1v) is 5.41. The Labute approximate surface area is 103 Å². The van der Waals surface area contributed by atoms with E-state index in [0.29, 0.717) is 12.3 Å². The second kappa shape index (κ2) is 4.74. The van der Waals surface area contributed by atoms with Crippen molar-refractivity contribution in [3.05, 3.63) is 34.7 Å². The Balaban J connectivity index is 2.21. The summed E-state index contributed by atoms with van der Waals surface area (Å²) < 4.78 is 6.31. The highest BCUT2D eigenvalue weighted by Crippen LogP contribution is 2.18. The van der Waals surface area contributed by atoms with Crippen molar-refractivity contribution >= 4 is 11.5 Å². The molecule has 0 radical (unpaired) electrons. The van der Waals surface area contributed by atoms with E-state index >= 15 is 0 Å². The minimum absolute atomic E-state index is 0.0751. The van der Waals surface area contributed by atoms with Crippen molar-refractivity contribution in [2.24, 2.45) is 0 Å². The van der Waals surface area contributed by atoms with Crippen LogP contribution in [0.2, 0.25) is 0 Å². The van der Waals surface area contributed by atoms with E-state index in [1.807, 2.05) is 6.92 Å². The van der Waals surface area contributed by atoms with E-state index in [4.69, 9.17) is 10.5 Å². The summed E-state index contributed by atoms with van der Waals surface area (Å²) in [6, 6.07) is 7.00. The molecule has 1 aromatic heterocycles. The molecule has 18 heavy (non-hydrogen) atoms. The minimum Gasteiger partial charge on any atom is -0.494 e. The van der Waals surface area contributed by atoms with Gasteiger partial charge >= 0.3 is 5.69 Å². The molecule has 2 rings (SSSR count). The number of ether oxygens (including phenoxy) is 1. The molecule has 7 nitrogen and oxygen atoms in total. The van der Waals surface area contributed by atoms with Crippen LogP contribution in [0, 0.1) is 0 Å². The van der Waals surface area contributed by atoms with Gasteiger partial charge in [-0.25, -0.2) is 4.79 Å². The molecule has 96 valence electrons. The van der Waals surface area contributed by atoms with Gasteiger partial charge in [-0.15, -0.1) is 0 Å². The zero-order valence-electron chi connectivity index (χ0n) is 9.80. The van der Waals surface area contributed by atoms with Crippen molar-refractivity contribution in [2.45, 2.75) is 6.92 Å². The Morgan fingerprint density at radius 2 is 2.11 bits per heavy atom. The zero-order valence-corrected chi connectivity index (χ0v) is 9.80. The summed E-state index contributed by atoms with van der Waals surface area (Å²) in [6.45, 7) is 2.49. The smallest absolute Gasteiger partial charge is 0.349 e. The molecular weight excluding hydrogens is 236 g/mol. The molecule has 0 fully saturated rings. The van der Waals surface area contributed by atoms with Crippen LogP contribution in [-0.4, -0.2) is 21.4 Å². The average molecular weight is 250 g/mol. The quantitative estimate of drug-likeness (QED) is 0.640. The zero-order chi connectivity index (χ0) is 13.1. The lowest BCUT2D eigenvalue weighted by atomic mass is 10.3. The maximum Gasteiger partial charge on any atom is 0.349 e. The van der Waals surface area contributed by atoms with E-state index in [9.17, 15) is 9.90 Å². The number of imidazole rings is 1. The van der Waals surface area contributed by atoms with E-state index in [-0.39, 0.29) is 11.7 Å². The second-order valence-electron chi connectivity index (χ2n) is 3.57. The van der Waals surface area contributed by atoms with Gasteiger partial charge in [0.05, 0.1) is 12.3 Å². The normalized spacial score (nSPS) is 10.3. The van der Waals surface area contributed by atoms with Gasteiger partial charge in [-0.05, 0) is 31.2 Å². The standard InChI is InChI=1S/C11H14N4O3/c1-2-18-8-5-3-7(4-6-8)14-15-9(12)10(16)13-11(15)17/h3-6,14,16H,2,12H2,1H3,(H,13,17). The summed E-state index contributed by atoms with van der Waals surface area (Å²) in [5.41, 5.74) is 8.39. The first-order chi connectivity index (χ1) is 8.61. The lowest BCUT2D eigenvalue weighted by Crippen LogP contribution is -2.25. The molecule has 0 spiro atoms. The van der Waals surface area contributed by atoms with Gasteiger partial charge in [-0.2, -0.15) is 4.68 Å². The summed E-state index contributed by atoms with van der Waals surface area (Å²) in [4.78, 5) is 13.6. The van der Waals surface area contributed by atoms with Gasteiger partial charge < -0.3 is 15.6 Å². The molecule has 0 amide bonds. The van der Waals surface area contributed by atoms with Gasteiger partial charge in [0.1, 0.15) is 5.75 Å². The van der Waals surface area contributed by atoms with E-state index in [2.05, 4.69) is 10.4 Å².